The lowest BCUT2D eigenvalue weighted by molar-refractivity contribution is 0.193. The molecule has 3 rings (SSSR count). The van der Waals surface area contributed by atoms with Gasteiger partial charge in [0.05, 0.1) is 18.6 Å². The third kappa shape index (κ3) is 3.62. The average molecular weight is 327 g/mol. The zero-order valence-electron chi connectivity index (χ0n) is 14.5. The fraction of sp³-hybridized carbons (Fsp3) is 0.421. The molecule has 1 fully saturated rings. The smallest absolute Gasteiger partial charge is 0.317 e. The van der Waals surface area contributed by atoms with Gasteiger partial charge in [0.15, 0.2) is 0 Å². The molecule has 24 heavy (non-hydrogen) atoms. The first-order chi connectivity index (χ1) is 11.5. The van der Waals surface area contributed by atoms with Crippen molar-refractivity contribution in [2.75, 3.05) is 20.6 Å². The monoisotopic (exact) mass is 327 g/mol. The summed E-state index contributed by atoms with van der Waals surface area (Å²) in [6, 6.07) is 14.5. The van der Waals surface area contributed by atoms with Crippen molar-refractivity contribution in [3.8, 4) is 0 Å². The number of aryl methyl sites for hydroxylation is 1. The van der Waals surface area contributed by atoms with Crippen LogP contribution in [-0.2, 0) is 6.54 Å². The van der Waals surface area contributed by atoms with Crippen molar-refractivity contribution in [3.63, 3.8) is 0 Å². The Morgan fingerprint density at radius 1 is 1.29 bits per heavy atom. The highest BCUT2D eigenvalue weighted by Crippen LogP contribution is 2.30. The Bertz CT molecular complexity index is 683. The fourth-order valence-electron chi connectivity index (χ4n) is 3.38. The van der Waals surface area contributed by atoms with Gasteiger partial charge in [-0.05, 0) is 38.1 Å². The first-order valence-corrected chi connectivity index (χ1v) is 8.36. The number of hydrogen-bond acceptors (Lipinski definition) is 3. The molecule has 1 aliphatic heterocycles. The van der Waals surface area contributed by atoms with E-state index in [0.717, 1.165) is 24.5 Å². The molecule has 1 N–H and O–H groups in total. The molecular weight excluding hydrogens is 302 g/mol. The minimum absolute atomic E-state index is 0.0646. The van der Waals surface area contributed by atoms with Gasteiger partial charge in [-0.2, -0.15) is 0 Å². The normalized spacial score (nSPS) is 21.0. The Labute approximate surface area is 143 Å². The van der Waals surface area contributed by atoms with Crippen molar-refractivity contribution in [1.29, 1.82) is 0 Å². The summed E-state index contributed by atoms with van der Waals surface area (Å²) in [5.74, 6) is 1.66. The van der Waals surface area contributed by atoms with Crippen LogP contribution in [0.1, 0.15) is 29.5 Å². The van der Waals surface area contributed by atoms with Crippen molar-refractivity contribution in [1.82, 2.24) is 15.1 Å². The Kier molecular flexibility index (Phi) is 4.90. The van der Waals surface area contributed by atoms with Gasteiger partial charge < -0.3 is 14.6 Å². The SMILES string of the molecule is Cc1ccc(CN(C)C(=O)N[C@H]2CCN(C)[C@H]2c2ccccc2)o1. The zero-order chi connectivity index (χ0) is 17.1. The molecule has 5 nitrogen and oxygen atoms in total. The number of carbonyl (C=O) groups excluding carboxylic acids is 1. The van der Waals surface area contributed by atoms with E-state index < -0.39 is 0 Å². The summed E-state index contributed by atoms with van der Waals surface area (Å²) in [6.07, 6.45) is 0.954. The van der Waals surface area contributed by atoms with Crippen LogP contribution < -0.4 is 5.32 Å². The average Bonchev–Trinajstić information content (AvgIpc) is 3.14. The van der Waals surface area contributed by atoms with Gasteiger partial charge in [-0.15, -0.1) is 0 Å². The lowest BCUT2D eigenvalue weighted by Crippen LogP contribution is -2.44. The number of likely N-dealkylation sites (tertiary alicyclic amines) is 1. The Morgan fingerprint density at radius 3 is 2.71 bits per heavy atom. The van der Waals surface area contributed by atoms with Gasteiger partial charge in [0.25, 0.3) is 0 Å². The standard InChI is InChI=1S/C19H25N3O2/c1-14-9-10-16(24-14)13-22(3)19(23)20-17-11-12-21(2)18(17)15-7-5-4-6-8-15/h4-10,17-18H,11-13H2,1-3H3,(H,20,23)/t17-,18-/m0/s1. The van der Waals surface area contributed by atoms with Crippen molar-refractivity contribution in [3.05, 3.63) is 59.5 Å². The van der Waals surface area contributed by atoms with E-state index in [4.69, 9.17) is 4.42 Å². The fourth-order valence-corrected chi connectivity index (χ4v) is 3.38. The summed E-state index contributed by atoms with van der Waals surface area (Å²) in [5, 5.41) is 3.19. The number of rotatable bonds is 4. The summed E-state index contributed by atoms with van der Waals surface area (Å²) in [4.78, 5) is 16.5. The number of likely N-dealkylation sites (N-methyl/N-ethyl adjacent to an activating group) is 1. The number of amides is 2. The Hall–Kier alpha value is -2.27. The molecule has 5 heteroatoms. The number of nitrogens with one attached hydrogen (secondary N) is 1. The van der Waals surface area contributed by atoms with Crippen LogP contribution in [0.4, 0.5) is 4.79 Å². The van der Waals surface area contributed by atoms with Crippen LogP contribution in [-0.4, -0.2) is 42.5 Å². The molecule has 1 aromatic carbocycles. The van der Waals surface area contributed by atoms with E-state index in [-0.39, 0.29) is 18.1 Å². The van der Waals surface area contributed by atoms with Crippen LogP contribution in [0.5, 0.6) is 0 Å². The van der Waals surface area contributed by atoms with Gasteiger partial charge in [0.1, 0.15) is 11.5 Å². The molecule has 0 unspecified atom stereocenters. The second kappa shape index (κ2) is 7.09. The first-order valence-electron chi connectivity index (χ1n) is 8.36. The highest BCUT2D eigenvalue weighted by atomic mass is 16.3. The lowest BCUT2D eigenvalue weighted by Gasteiger charge is -2.28. The molecule has 1 saturated heterocycles. The molecule has 0 radical (unpaired) electrons. The van der Waals surface area contributed by atoms with Crippen molar-refractivity contribution >= 4 is 6.03 Å². The summed E-state index contributed by atoms with van der Waals surface area (Å²) >= 11 is 0. The third-order valence-electron chi connectivity index (χ3n) is 4.63. The van der Waals surface area contributed by atoms with Crippen molar-refractivity contribution in [2.24, 2.45) is 0 Å². The molecular formula is C19H25N3O2. The number of furan rings is 1. The molecule has 0 spiro atoms. The van der Waals surface area contributed by atoms with E-state index in [1.54, 1.807) is 11.9 Å². The second-order valence-electron chi connectivity index (χ2n) is 6.55. The third-order valence-corrected chi connectivity index (χ3v) is 4.63. The van der Waals surface area contributed by atoms with E-state index in [0.29, 0.717) is 6.54 Å². The predicted molar refractivity (Wildman–Crippen MR) is 93.7 cm³/mol. The second-order valence-corrected chi connectivity index (χ2v) is 6.55. The van der Waals surface area contributed by atoms with E-state index in [2.05, 4.69) is 29.4 Å². The van der Waals surface area contributed by atoms with E-state index in [1.807, 2.05) is 37.3 Å². The minimum atomic E-state index is -0.0646. The van der Waals surface area contributed by atoms with Gasteiger partial charge in [0, 0.05) is 13.6 Å². The van der Waals surface area contributed by atoms with E-state index in [1.165, 1.54) is 5.56 Å². The van der Waals surface area contributed by atoms with Crippen molar-refractivity contribution in [2.45, 2.75) is 32.0 Å². The van der Waals surface area contributed by atoms with Crippen molar-refractivity contribution < 1.29 is 9.21 Å². The number of carbonyl (C=O) groups is 1. The molecule has 0 bridgehead atoms. The van der Waals surface area contributed by atoms with Gasteiger partial charge >= 0.3 is 6.03 Å². The molecule has 0 saturated carbocycles. The lowest BCUT2D eigenvalue weighted by atomic mass is 10.0. The van der Waals surface area contributed by atoms with Crippen LogP contribution in [0, 0.1) is 6.92 Å². The molecule has 2 amide bonds. The first kappa shape index (κ1) is 16.6. The van der Waals surface area contributed by atoms with Gasteiger partial charge in [0.2, 0.25) is 0 Å². The van der Waals surface area contributed by atoms with Crippen LogP contribution >= 0.6 is 0 Å². The van der Waals surface area contributed by atoms with Crippen LogP contribution in [0.15, 0.2) is 46.9 Å². The molecule has 2 heterocycles. The van der Waals surface area contributed by atoms with E-state index >= 15 is 0 Å². The number of nitrogens with zero attached hydrogens (tertiary/aromatic N) is 2. The zero-order valence-corrected chi connectivity index (χ0v) is 14.5. The molecule has 2 aromatic rings. The molecule has 128 valence electrons. The molecule has 2 atom stereocenters. The number of benzene rings is 1. The molecule has 1 aliphatic rings. The summed E-state index contributed by atoms with van der Waals surface area (Å²) in [5.41, 5.74) is 1.24. The van der Waals surface area contributed by atoms with Crippen LogP contribution in [0.2, 0.25) is 0 Å². The topological polar surface area (TPSA) is 48.7 Å². The summed E-state index contributed by atoms with van der Waals surface area (Å²) in [6.45, 7) is 3.35. The molecule has 1 aromatic heterocycles. The maximum Gasteiger partial charge on any atom is 0.317 e. The predicted octanol–water partition coefficient (Wildman–Crippen LogP) is 3.17. The van der Waals surface area contributed by atoms with Gasteiger partial charge in [-0.25, -0.2) is 4.79 Å². The number of hydrogen-bond donors (Lipinski definition) is 1. The van der Waals surface area contributed by atoms with Crippen LogP contribution in [0.25, 0.3) is 0 Å². The number of urea groups is 1. The molecule has 0 aliphatic carbocycles. The maximum absolute atomic E-state index is 12.5. The highest BCUT2D eigenvalue weighted by Gasteiger charge is 2.34. The Morgan fingerprint density at radius 2 is 2.04 bits per heavy atom. The Balaban J connectivity index is 1.64. The van der Waals surface area contributed by atoms with Crippen LogP contribution in [0.3, 0.4) is 0 Å². The summed E-state index contributed by atoms with van der Waals surface area (Å²) < 4.78 is 5.55. The highest BCUT2D eigenvalue weighted by molar-refractivity contribution is 5.74. The van der Waals surface area contributed by atoms with Gasteiger partial charge in [-0.1, -0.05) is 30.3 Å². The van der Waals surface area contributed by atoms with Gasteiger partial charge in [-0.3, -0.25) is 4.90 Å². The largest absolute Gasteiger partial charge is 0.464 e. The van der Waals surface area contributed by atoms with E-state index in [9.17, 15) is 4.79 Å². The quantitative estimate of drug-likeness (QED) is 0.938. The minimum Gasteiger partial charge on any atom is -0.464 e. The maximum atomic E-state index is 12.5. The summed E-state index contributed by atoms with van der Waals surface area (Å²) in [7, 11) is 3.91.